The second kappa shape index (κ2) is 4.32. The van der Waals surface area contributed by atoms with Crippen LogP contribution in [0.4, 0.5) is 18.9 Å². The van der Waals surface area contributed by atoms with Gasteiger partial charge in [-0.15, -0.1) is 0 Å². The summed E-state index contributed by atoms with van der Waals surface area (Å²) in [5.41, 5.74) is -4.49. The summed E-state index contributed by atoms with van der Waals surface area (Å²) in [6.45, 7) is 1.88. The molecule has 16 heavy (non-hydrogen) atoms. The molecule has 1 N–H and O–H groups in total. The molecule has 0 heterocycles. The number of sulfonamides is 1. The second-order valence-corrected chi connectivity index (χ2v) is 4.78. The van der Waals surface area contributed by atoms with Gasteiger partial charge in [-0.1, -0.05) is 19.1 Å². The van der Waals surface area contributed by atoms with Gasteiger partial charge in [-0.2, -0.15) is 21.6 Å². The Morgan fingerprint density at radius 1 is 1.19 bits per heavy atom. The van der Waals surface area contributed by atoms with Crippen LogP contribution in [-0.4, -0.2) is 13.9 Å². The second-order valence-electron chi connectivity index (χ2n) is 3.10. The highest BCUT2D eigenvalue weighted by molar-refractivity contribution is 7.93. The number of benzene rings is 1. The highest BCUT2D eigenvalue weighted by atomic mass is 32.2. The molecule has 0 radical (unpaired) electrons. The topological polar surface area (TPSA) is 46.2 Å². The first kappa shape index (κ1) is 12.8. The van der Waals surface area contributed by atoms with E-state index in [0.29, 0.717) is 0 Å². The van der Waals surface area contributed by atoms with E-state index in [1.165, 1.54) is 16.9 Å². The zero-order valence-electron chi connectivity index (χ0n) is 8.38. The van der Waals surface area contributed by atoms with E-state index in [1.54, 1.807) is 12.1 Å². The lowest BCUT2D eigenvalue weighted by molar-refractivity contribution is -0.0429. The van der Waals surface area contributed by atoms with Crippen LogP contribution >= 0.6 is 0 Å². The van der Waals surface area contributed by atoms with Crippen molar-refractivity contribution >= 4 is 15.7 Å². The lowest BCUT2D eigenvalue weighted by Gasteiger charge is -2.10. The van der Waals surface area contributed by atoms with Crippen molar-refractivity contribution in [1.82, 2.24) is 0 Å². The average Bonchev–Trinajstić information content (AvgIpc) is 2.16. The minimum absolute atomic E-state index is 0.102. The summed E-state index contributed by atoms with van der Waals surface area (Å²) in [6, 6.07) is 5.71. The van der Waals surface area contributed by atoms with E-state index in [9.17, 15) is 21.6 Å². The van der Waals surface area contributed by atoms with E-state index in [-0.39, 0.29) is 5.69 Å². The molecule has 0 spiro atoms. The molecule has 0 saturated carbocycles. The maximum atomic E-state index is 12.0. The highest BCUT2D eigenvalue weighted by Crippen LogP contribution is 2.25. The molecule has 0 unspecified atom stereocenters. The first-order valence-corrected chi connectivity index (χ1v) is 5.92. The van der Waals surface area contributed by atoms with Crippen LogP contribution in [0.1, 0.15) is 12.5 Å². The zero-order valence-corrected chi connectivity index (χ0v) is 9.19. The van der Waals surface area contributed by atoms with Crippen LogP contribution < -0.4 is 4.72 Å². The molecule has 3 nitrogen and oxygen atoms in total. The van der Waals surface area contributed by atoms with Crippen LogP contribution in [0.5, 0.6) is 0 Å². The van der Waals surface area contributed by atoms with Gasteiger partial charge < -0.3 is 0 Å². The third-order valence-electron chi connectivity index (χ3n) is 1.92. The maximum Gasteiger partial charge on any atom is 0.516 e. The normalized spacial score (nSPS) is 12.5. The number of hydrogen-bond donors (Lipinski definition) is 1. The highest BCUT2D eigenvalue weighted by Gasteiger charge is 2.45. The van der Waals surface area contributed by atoms with Gasteiger partial charge in [0.25, 0.3) is 0 Å². The fourth-order valence-corrected chi connectivity index (χ4v) is 1.58. The molecule has 0 atom stereocenters. The molecule has 0 saturated heterocycles. The summed E-state index contributed by atoms with van der Waals surface area (Å²) in [4.78, 5) is 0. The average molecular weight is 253 g/mol. The van der Waals surface area contributed by atoms with Gasteiger partial charge in [0.15, 0.2) is 0 Å². The van der Waals surface area contributed by atoms with Crippen LogP contribution in [0, 0.1) is 0 Å². The predicted molar refractivity (Wildman–Crippen MR) is 54.4 cm³/mol. The molecule has 7 heteroatoms. The molecule has 0 aliphatic heterocycles. The van der Waals surface area contributed by atoms with Crippen LogP contribution in [0.3, 0.4) is 0 Å². The number of aryl methyl sites for hydroxylation is 1. The largest absolute Gasteiger partial charge is 0.516 e. The molecular weight excluding hydrogens is 243 g/mol. The van der Waals surface area contributed by atoms with Crippen molar-refractivity contribution in [3.05, 3.63) is 29.8 Å². The Balaban J connectivity index is 2.89. The van der Waals surface area contributed by atoms with Crippen molar-refractivity contribution in [2.24, 2.45) is 0 Å². The number of anilines is 1. The van der Waals surface area contributed by atoms with E-state index < -0.39 is 15.5 Å². The molecule has 90 valence electrons. The van der Waals surface area contributed by atoms with Crippen LogP contribution in [0.15, 0.2) is 24.3 Å². The Bertz CT molecular complexity index is 451. The molecule has 0 aromatic heterocycles. The van der Waals surface area contributed by atoms with Gasteiger partial charge in [-0.05, 0) is 24.1 Å². The van der Waals surface area contributed by atoms with Crippen molar-refractivity contribution in [3.63, 3.8) is 0 Å². The number of hydrogen-bond acceptors (Lipinski definition) is 2. The van der Waals surface area contributed by atoms with Gasteiger partial charge in [0.1, 0.15) is 0 Å². The van der Waals surface area contributed by atoms with Crippen LogP contribution in [0.25, 0.3) is 0 Å². The number of nitrogens with one attached hydrogen (secondary N) is 1. The van der Waals surface area contributed by atoms with Crippen LogP contribution in [0.2, 0.25) is 0 Å². The van der Waals surface area contributed by atoms with E-state index >= 15 is 0 Å². The van der Waals surface area contributed by atoms with Gasteiger partial charge in [0.05, 0.1) is 0 Å². The van der Waals surface area contributed by atoms with Crippen molar-refractivity contribution in [2.75, 3.05) is 4.72 Å². The van der Waals surface area contributed by atoms with Crippen molar-refractivity contribution in [2.45, 2.75) is 18.9 Å². The molecule has 1 aromatic rings. The fraction of sp³-hybridized carbons (Fsp3) is 0.333. The Hall–Kier alpha value is -1.24. The Kier molecular flexibility index (Phi) is 3.47. The SMILES string of the molecule is CCc1ccc(NS(=O)(=O)C(F)(F)F)cc1. The molecule has 0 bridgehead atoms. The lowest BCUT2D eigenvalue weighted by atomic mass is 10.2. The monoisotopic (exact) mass is 253 g/mol. The molecular formula is C9H10F3NO2S. The van der Waals surface area contributed by atoms with E-state index in [1.807, 2.05) is 6.92 Å². The first-order chi connectivity index (χ1) is 7.26. The molecule has 0 fully saturated rings. The van der Waals surface area contributed by atoms with Crippen molar-refractivity contribution in [3.8, 4) is 0 Å². The van der Waals surface area contributed by atoms with E-state index in [4.69, 9.17) is 0 Å². The van der Waals surface area contributed by atoms with E-state index in [2.05, 4.69) is 0 Å². The summed E-state index contributed by atoms with van der Waals surface area (Å²) in [5.74, 6) is 0. The summed E-state index contributed by atoms with van der Waals surface area (Å²) in [5, 5.41) is 0. The predicted octanol–water partition coefficient (Wildman–Crippen LogP) is 2.51. The minimum atomic E-state index is -5.32. The van der Waals surface area contributed by atoms with Gasteiger partial charge in [-0.25, -0.2) is 0 Å². The Morgan fingerprint density at radius 2 is 1.69 bits per heavy atom. The number of rotatable bonds is 3. The van der Waals surface area contributed by atoms with Gasteiger partial charge in [0, 0.05) is 5.69 Å². The Morgan fingerprint density at radius 3 is 2.06 bits per heavy atom. The smallest absolute Gasteiger partial charge is 0.276 e. The van der Waals surface area contributed by atoms with Gasteiger partial charge in [-0.3, -0.25) is 4.72 Å². The van der Waals surface area contributed by atoms with Gasteiger partial charge in [0.2, 0.25) is 0 Å². The lowest BCUT2D eigenvalue weighted by Crippen LogP contribution is -2.29. The quantitative estimate of drug-likeness (QED) is 0.899. The third-order valence-corrected chi connectivity index (χ3v) is 3.03. The zero-order chi connectivity index (χ0) is 12.4. The first-order valence-electron chi connectivity index (χ1n) is 4.44. The third kappa shape index (κ3) is 2.88. The fourth-order valence-electron chi connectivity index (χ4n) is 1.02. The van der Waals surface area contributed by atoms with Crippen LogP contribution in [-0.2, 0) is 16.4 Å². The summed E-state index contributed by atoms with van der Waals surface area (Å²) >= 11 is 0. The molecule has 0 aliphatic rings. The van der Waals surface area contributed by atoms with E-state index in [0.717, 1.165) is 12.0 Å². The number of halogens is 3. The molecule has 1 aromatic carbocycles. The maximum absolute atomic E-state index is 12.0. The van der Waals surface area contributed by atoms with Crippen molar-refractivity contribution in [1.29, 1.82) is 0 Å². The minimum Gasteiger partial charge on any atom is -0.276 e. The van der Waals surface area contributed by atoms with Gasteiger partial charge >= 0.3 is 15.5 Å². The van der Waals surface area contributed by atoms with Crippen molar-refractivity contribution < 1.29 is 21.6 Å². The molecule has 0 aliphatic carbocycles. The Labute approximate surface area is 91.3 Å². The number of alkyl halides is 3. The summed E-state index contributed by atoms with van der Waals surface area (Å²) < 4.78 is 59.0. The standard InChI is InChI=1S/C9H10F3NO2S/c1-2-7-3-5-8(6-4-7)13-16(14,15)9(10,11)12/h3-6,13H,2H2,1H3. The summed E-state index contributed by atoms with van der Waals surface area (Å²) in [6.07, 6.45) is 0.728. The molecule has 0 amide bonds. The molecule has 1 rings (SSSR count). The summed E-state index contributed by atoms with van der Waals surface area (Å²) in [7, 11) is -5.32.